The van der Waals surface area contributed by atoms with Gasteiger partial charge in [0.2, 0.25) is 5.92 Å². The van der Waals surface area contributed by atoms with Gasteiger partial charge in [-0.05, 0) is 57.4 Å². The predicted octanol–water partition coefficient (Wildman–Crippen LogP) is 4.07. The minimum atomic E-state index is -2.60. The second-order valence-electron chi connectivity index (χ2n) is 7.83. The van der Waals surface area contributed by atoms with Crippen LogP contribution >= 0.6 is 0 Å². The summed E-state index contributed by atoms with van der Waals surface area (Å²) in [6, 6.07) is 5.25. The van der Waals surface area contributed by atoms with Crippen LogP contribution in [-0.4, -0.2) is 37.9 Å². The van der Waals surface area contributed by atoms with Crippen LogP contribution in [0.15, 0.2) is 24.4 Å². The Bertz CT molecular complexity index is 856. The van der Waals surface area contributed by atoms with Crippen molar-refractivity contribution in [2.75, 3.05) is 5.32 Å². The largest absolute Gasteiger partial charge is 0.465 e. The van der Waals surface area contributed by atoms with E-state index in [1.54, 1.807) is 36.9 Å². The molecule has 152 valence electrons. The van der Waals surface area contributed by atoms with Crippen LogP contribution in [0.3, 0.4) is 0 Å². The Hall–Kier alpha value is -2.71. The first-order valence-corrected chi connectivity index (χ1v) is 9.25. The molecule has 0 atom stereocenters. The number of nitrogens with one attached hydrogen (secondary N) is 2. The minimum Gasteiger partial charge on any atom is -0.465 e. The predicted molar refractivity (Wildman–Crippen MR) is 101 cm³/mol. The molecule has 0 unspecified atom stereocenters. The van der Waals surface area contributed by atoms with Crippen molar-refractivity contribution in [2.45, 2.75) is 64.0 Å². The Morgan fingerprint density at radius 2 is 2.00 bits per heavy atom. The summed E-state index contributed by atoms with van der Waals surface area (Å²) in [6.45, 7) is 5.36. The van der Waals surface area contributed by atoms with Gasteiger partial charge in [-0.3, -0.25) is 0 Å². The summed E-state index contributed by atoms with van der Waals surface area (Å²) in [5.74, 6) is -1.57. The second kappa shape index (κ2) is 7.37. The number of alkyl halides is 2. The number of aryl methyl sites for hydroxylation is 1. The fraction of sp³-hybridized carbons (Fsp3) is 0.526. The quantitative estimate of drug-likeness (QED) is 0.712. The van der Waals surface area contributed by atoms with Gasteiger partial charge >= 0.3 is 6.09 Å². The molecular weight excluding hydrogens is 368 g/mol. The van der Waals surface area contributed by atoms with E-state index < -0.39 is 17.6 Å². The average molecular weight is 393 g/mol. The zero-order valence-corrected chi connectivity index (χ0v) is 16.2. The number of carboxylic acid groups (broad SMARTS) is 1. The smallest absolute Gasteiger partial charge is 0.405 e. The number of aromatic nitrogens is 3. The first-order chi connectivity index (χ1) is 13.0. The number of nitrogens with zero attached hydrogens (tertiary/aromatic N) is 3. The molecule has 0 saturated heterocycles. The molecule has 2 heterocycles. The third-order valence-corrected chi connectivity index (χ3v) is 4.98. The molecule has 0 spiro atoms. The van der Waals surface area contributed by atoms with Crippen LogP contribution in [0.1, 0.15) is 50.8 Å². The van der Waals surface area contributed by atoms with E-state index in [0.717, 1.165) is 5.69 Å². The molecule has 0 aliphatic heterocycles. The fourth-order valence-corrected chi connectivity index (χ4v) is 3.34. The lowest BCUT2D eigenvalue weighted by molar-refractivity contribution is -0.0361. The third-order valence-electron chi connectivity index (χ3n) is 4.98. The Balaban J connectivity index is 1.92. The van der Waals surface area contributed by atoms with Crippen molar-refractivity contribution in [3.63, 3.8) is 0 Å². The Labute approximate surface area is 162 Å². The highest BCUT2D eigenvalue weighted by atomic mass is 19.3. The minimum absolute atomic E-state index is 0.106. The molecule has 3 N–H and O–H groups in total. The van der Waals surface area contributed by atoms with Crippen molar-refractivity contribution in [2.24, 2.45) is 0 Å². The molecule has 1 aliphatic carbocycles. The molecule has 7 nitrogen and oxygen atoms in total. The molecule has 2 aromatic rings. The maximum atomic E-state index is 13.4. The molecule has 1 fully saturated rings. The van der Waals surface area contributed by atoms with Crippen LogP contribution < -0.4 is 10.6 Å². The molecule has 0 bridgehead atoms. The molecule has 9 heteroatoms. The van der Waals surface area contributed by atoms with Crippen molar-refractivity contribution in [1.29, 1.82) is 0 Å². The monoisotopic (exact) mass is 393 g/mol. The topological polar surface area (TPSA) is 92.1 Å². The zero-order valence-electron chi connectivity index (χ0n) is 16.2. The van der Waals surface area contributed by atoms with Crippen molar-refractivity contribution in [3.8, 4) is 5.82 Å². The van der Waals surface area contributed by atoms with Gasteiger partial charge in [0.1, 0.15) is 5.82 Å². The molecule has 1 saturated carbocycles. The highest BCUT2D eigenvalue weighted by Crippen LogP contribution is 2.34. The van der Waals surface area contributed by atoms with Crippen molar-refractivity contribution in [1.82, 2.24) is 20.1 Å². The van der Waals surface area contributed by atoms with Gasteiger partial charge in [-0.15, -0.1) is 0 Å². The third kappa shape index (κ3) is 4.76. The van der Waals surface area contributed by atoms with E-state index in [1.807, 2.05) is 13.0 Å². The van der Waals surface area contributed by atoms with Crippen molar-refractivity contribution < 1.29 is 18.7 Å². The number of anilines is 1. The lowest BCUT2D eigenvalue weighted by Crippen LogP contribution is -2.40. The van der Waals surface area contributed by atoms with Crippen LogP contribution in [0.25, 0.3) is 5.82 Å². The molecule has 28 heavy (non-hydrogen) atoms. The molecule has 1 amide bonds. The normalized spacial score (nSPS) is 17.3. The maximum absolute atomic E-state index is 13.4. The first kappa shape index (κ1) is 20.0. The van der Waals surface area contributed by atoms with Crippen molar-refractivity contribution in [3.05, 3.63) is 35.7 Å². The van der Waals surface area contributed by atoms with Gasteiger partial charge in [0.05, 0.1) is 11.2 Å². The van der Waals surface area contributed by atoms with Gasteiger partial charge in [-0.1, -0.05) is 0 Å². The van der Waals surface area contributed by atoms with E-state index in [9.17, 15) is 13.6 Å². The van der Waals surface area contributed by atoms with Crippen LogP contribution in [0.2, 0.25) is 0 Å². The van der Waals surface area contributed by atoms with Gasteiger partial charge < -0.3 is 15.7 Å². The summed E-state index contributed by atoms with van der Waals surface area (Å²) in [7, 11) is 0. The van der Waals surface area contributed by atoms with E-state index in [2.05, 4.69) is 20.7 Å². The Kier molecular flexibility index (Phi) is 5.27. The van der Waals surface area contributed by atoms with E-state index in [4.69, 9.17) is 5.11 Å². The first-order valence-electron chi connectivity index (χ1n) is 9.25. The number of carbonyl (C=O) groups is 1. The number of hydrogen-bond acceptors (Lipinski definition) is 4. The van der Waals surface area contributed by atoms with E-state index in [1.165, 1.54) is 0 Å². The van der Waals surface area contributed by atoms with Crippen molar-refractivity contribution >= 4 is 11.9 Å². The number of hydrogen-bond donors (Lipinski definition) is 3. The van der Waals surface area contributed by atoms with Crippen LogP contribution in [0.4, 0.5) is 19.4 Å². The van der Waals surface area contributed by atoms with Crippen LogP contribution in [0, 0.1) is 6.92 Å². The standard InChI is InChI=1S/C19H25F2N5O2/c1-12-6-9-26(25-12)16-11-13(18(2,3)24-17(27)28)10-15(23-16)22-14-4-7-19(20,21)8-5-14/h6,9-11,14,24H,4-5,7-8H2,1-3H3,(H,22,23)(H,27,28). The Morgan fingerprint density at radius 3 is 2.57 bits per heavy atom. The highest BCUT2D eigenvalue weighted by Gasteiger charge is 2.35. The summed E-state index contributed by atoms with van der Waals surface area (Å²) in [5, 5.41) is 19.2. The lowest BCUT2D eigenvalue weighted by atomic mass is 9.92. The summed E-state index contributed by atoms with van der Waals surface area (Å²) >= 11 is 0. The number of pyridine rings is 1. The van der Waals surface area contributed by atoms with Gasteiger partial charge in [-0.2, -0.15) is 5.10 Å². The zero-order chi connectivity index (χ0) is 20.5. The summed E-state index contributed by atoms with van der Waals surface area (Å²) in [6.07, 6.45) is 1.03. The Morgan fingerprint density at radius 1 is 1.32 bits per heavy atom. The summed E-state index contributed by atoms with van der Waals surface area (Å²) in [4.78, 5) is 15.7. The highest BCUT2D eigenvalue weighted by molar-refractivity contribution is 5.66. The van der Waals surface area contributed by atoms with Crippen LogP contribution in [0.5, 0.6) is 0 Å². The summed E-state index contributed by atoms with van der Waals surface area (Å²) in [5.41, 5.74) is 0.637. The lowest BCUT2D eigenvalue weighted by Gasteiger charge is -2.30. The van der Waals surface area contributed by atoms with E-state index in [0.29, 0.717) is 30.0 Å². The van der Waals surface area contributed by atoms with Gasteiger partial charge in [-0.25, -0.2) is 23.2 Å². The molecule has 0 aromatic carbocycles. The average Bonchev–Trinajstić information content (AvgIpc) is 3.02. The van der Waals surface area contributed by atoms with E-state index in [-0.39, 0.29) is 18.9 Å². The SMILES string of the molecule is Cc1ccn(-c2cc(C(C)(C)NC(=O)O)cc(NC3CCC(F)(F)CC3)n2)n1. The van der Waals surface area contributed by atoms with Gasteiger partial charge in [0.25, 0.3) is 0 Å². The number of halogens is 2. The molecule has 3 rings (SSSR count). The molecule has 2 aromatic heterocycles. The van der Waals surface area contributed by atoms with Crippen LogP contribution in [-0.2, 0) is 5.54 Å². The van der Waals surface area contributed by atoms with Gasteiger partial charge in [0, 0.05) is 25.1 Å². The maximum Gasteiger partial charge on any atom is 0.405 e. The molecule has 1 aliphatic rings. The number of amides is 1. The van der Waals surface area contributed by atoms with E-state index >= 15 is 0 Å². The second-order valence-corrected chi connectivity index (χ2v) is 7.83. The summed E-state index contributed by atoms with van der Waals surface area (Å²) < 4.78 is 28.5. The van der Waals surface area contributed by atoms with Gasteiger partial charge in [0.15, 0.2) is 5.82 Å². The number of rotatable bonds is 5. The molecular formula is C19H25F2N5O2. The molecule has 0 radical (unpaired) electrons. The fourth-order valence-electron chi connectivity index (χ4n) is 3.34.